The molecule has 7 nitrogen and oxygen atoms in total. The van der Waals surface area contributed by atoms with Crippen LogP contribution >= 0.6 is 11.8 Å². The number of cyclic esters (lactones) is 1. The van der Waals surface area contributed by atoms with E-state index >= 15 is 0 Å². The van der Waals surface area contributed by atoms with Gasteiger partial charge >= 0.3 is 5.97 Å². The molecule has 2 atom stereocenters. The molecule has 142 valence electrons. The minimum atomic E-state index is -0.273. The number of esters is 1. The van der Waals surface area contributed by atoms with E-state index in [1.165, 1.54) is 11.8 Å². The molecule has 0 amide bonds. The molecule has 0 aliphatic carbocycles. The van der Waals surface area contributed by atoms with Gasteiger partial charge in [-0.05, 0) is 25.1 Å². The number of aromatic amines is 1. The molecule has 0 bridgehead atoms. The lowest BCUT2D eigenvalue weighted by Crippen LogP contribution is -2.12. The summed E-state index contributed by atoms with van der Waals surface area (Å²) in [5, 5.41) is 10.3. The Morgan fingerprint density at radius 1 is 1.25 bits per heavy atom. The molecular formula is C20H18N4O3S. The van der Waals surface area contributed by atoms with E-state index in [4.69, 9.17) is 9.15 Å². The van der Waals surface area contributed by atoms with Crippen LogP contribution in [-0.4, -0.2) is 37.1 Å². The van der Waals surface area contributed by atoms with E-state index in [0.717, 1.165) is 28.1 Å². The predicted octanol–water partition coefficient (Wildman–Crippen LogP) is 3.86. The summed E-state index contributed by atoms with van der Waals surface area (Å²) in [5.41, 5.74) is 2.00. The molecule has 4 aromatic rings. The number of para-hydroxylation sites is 1. The second-order valence-corrected chi connectivity index (χ2v) is 7.98. The van der Waals surface area contributed by atoms with Crippen LogP contribution in [0.4, 0.5) is 0 Å². The van der Waals surface area contributed by atoms with Crippen LogP contribution in [0.2, 0.25) is 0 Å². The number of nitrogens with zero attached hydrogens (tertiary/aromatic N) is 3. The molecule has 1 aliphatic heterocycles. The van der Waals surface area contributed by atoms with Crippen LogP contribution in [0.3, 0.4) is 0 Å². The number of fused-ring (bicyclic) bond motifs is 1. The topological polar surface area (TPSA) is 85.9 Å². The zero-order chi connectivity index (χ0) is 19.1. The first kappa shape index (κ1) is 17.1. The van der Waals surface area contributed by atoms with Gasteiger partial charge in [0.1, 0.15) is 17.1 Å². The molecule has 28 heavy (non-hydrogen) atoms. The van der Waals surface area contributed by atoms with Crippen molar-refractivity contribution in [1.82, 2.24) is 19.7 Å². The lowest BCUT2D eigenvalue weighted by Gasteiger charge is -2.10. The van der Waals surface area contributed by atoms with Crippen LogP contribution < -0.4 is 0 Å². The molecule has 8 heteroatoms. The monoisotopic (exact) mass is 394 g/mol. The molecule has 1 saturated heterocycles. The maximum atomic E-state index is 12.1. The molecule has 1 aliphatic rings. The van der Waals surface area contributed by atoms with Gasteiger partial charge in [-0.2, -0.15) is 0 Å². The third-order valence-electron chi connectivity index (χ3n) is 4.81. The minimum Gasteiger partial charge on any atom is -0.467 e. The highest BCUT2D eigenvalue weighted by molar-refractivity contribution is 8.00. The largest absolute Gasteiger partial charge is 0.467 e. The van der Waals surface area contributed by atoms with Gasteiger partial charge in [-0.25, -0.2) is 0 Å². The summed E-state index contributed by atoms with van der Waals surface area (Å²) in [7, 11) is 0. The second-order valence-electron chi connectivity index (χ2n) is 6.81. The van der Waals surface area contributed by atoms with Gasteiger partial charge in [0.25, 0.3) is 0 Å². The van der Waals surface area contributed by atoms with Crippen LogP contribution in [0, 0.1) is 0 Å². The van der Waals surface area contributed by atoms with E-state index in [1.54, 1.807) is 6.26 Å². The van der Waals surface area contributed by atoms with E-state index in [9.17, 15) is 4.79 Å². The predicted molar refractivity (Wildman–Crippen MR) is 105 cm³/mol. The fourth-order valence-electron chi connectivity index (χ4n) is 3.48. The number of nitrogens with one attached hydrogen (secondary N) is 1. The van der Waals surface area contributed by atoms with E-state index in [0.29, 0.717) is 18.1 Å². The third-order valence-corrected chi connectivity index (χ3v) is 6.00. The molecule has 5 rings (SSSR count). The number of hydrogen-bond acceptors (Lipinski definition) is 6. The lowest BCUT2D eigenvalue weighted by atomic mass is 10.1. The van der Waals surface area contributed by atoms with Crippen molar-refractivity contribution in [2.45, 2.75) is 36.4 Å². The van der Waals surface area contributed by atoms with Gasteiger partial charge in [-0.1, -0.05) is 30.0 Å². The van der Waals surface area contributed by atoms with Crippen molar-refractivity contribution in [1.29, 1.82) is 0 Å². The molecule has 1 fully saturated rings. The van der Waals surface area contributed by atoms with Crippen molar-refractivity contribution in [3.05, 3.63) is 54.6 Å². The number of hydrogen-bond donors (Lipinski definition) is 1. The number of benzene rings is 1. The maximum absolute atomic E-state index is 12.1. The average molecular weight is 394 g/mol. The van der Waals surface area contributed by atoms with E-state index in [-0.39, 0.29) is 17.3 Å². The molecule has 1 N–H and O–H groups in total. The molecule has 4 heterocycles. The molecule has 0 spiro atoms. The van der Waals surface area contributed by atoms with Crippen LogP contribution in [0.5, 0.6) is 0 Å². The van der Waals surface area contributed by atoms with E-state index < -0.39 is 0 Å². The number of ether oxygens (including phenoxy) is 1. The first-order valence-electron chi connectivity index (χ1n) is 9.08. The zero-order valence-electron chi connectivity index (χ0n) is 15.2. The van der Waals surface area contributed by atoms with Crippen molar-refractivity contribution in [3.8, 4) is 11.4 Å². The number of carbonyl (C=O) groups is 1. The minimum absolute atomic E-state index is 0.0699. The number of rotatable bonds is 5. The Kier molecular flexibility index (Phi) is 4.20. The Morgan fingerprint density at radius 3 is 2.93 bits per heavy atom. The van der Waals surface area contributed by atoms with Crippen molar-refractivity contribution < 1.29 is 13.9 Å². The summed E-state index contributed by atoms with van der Waals surface area (Å²) in [6.07, 6.45) is 4.18. The van der Waals surface area contributed by atoms with Crippen LogP contribution in [-0.2, 0) is 16.1 Å². The van der Waals surface area contributed by atoms with Gasteiger partial charge in [-0.15, -0.1) is 10.2 Å². The number of H-pyrrole nitrogens is 1. The third kappa shape index (κ3) is 2.99. The molecular weight excluding hydrogens is 376 g/mol. The fraction of sp³-hybridized carbons (Fsp3) is 0.250. The summed E-state index contributed by atoms with van der Waals surface area (Å²) in [5.74, 6) is 1.33. The molecule has 0 saturated carbocycles. The molecule has 3 aromatic heterocycles. The number of furan rings is 1. The number of thioether (sulfide) groups is 1. The van der Waals surface area contributed by atoms with E-state index in [2.05, 4.69) is 21.2 Å². The first-order chi connectivity index (χ1) is 13.7. The van der Waals surface area contributed by atoms with Crippen molar-refractivity contribution >= 4 is 28.6 Å². The van der Waals surface area contributed by atoms with Gasteiger partial charge < -0.3 is 14.1 Å². The molecule has 0 unspecified atom stereocenters. The van der Waals surface area contributed by atoms with Gasteiger partial charge in [0.15, 0.2) is 11.0 Å². The quantitative estimate of drug-likeness (QED) is 0.517. The Hall–Kier alpha value is -3.00. The summed E-state index contributed by atoms with van der Waals surface area (Å²) < 4.78 is 12.8. The number of aromatic nitrogens is 4. The van der Waals surface area contributed by atoms with Crippen molar-refractivity contribution in [2.24, 2.45) is 0 Å². The van der Waals surface area contributed by atoms with E-state index in [1.807, 2.05) is 48.0 Å². The standard InChI is InChI=1S/C20H18N4O3S/c1-12-9-17(19(25)27-12)28-20-23-22-18(24(20)11-13-5-4-8-26-13)15-10-21-16-7-3-2-6-14(15)16/h2-8,10,12,17,21H,9,11H2,1H3/t12-,17+/m0/s1. The smallest absolute Gasteiger partial charge is 0.319 e. The molecule has 1 aromatic carbocycles. The first-order valence-corrected chi connectivity index (χ1v) is 9.96. The highest BCUT2D eigenvalue weighted by Gasteiger charge is 2.34. The normalized spacial score (nSPS) is 19.4. The van der Waals surface area contributed by atoms with Gasteiger partial charge in [-0.3, -0.25) is 9.36 Å². The lowest BCUT2D eigenvalue weighted by molar-refractivity contribution is -0.140. The SMILES string of the molecule is C[C@H]1C[C@@H](Sc2nnc(-c3c[nH]c4ccccc34)n2Cc2ccco2)C(=O)O1. The highest BCUT2D eigenvalue weighted by atomic mass is 32.2. The summed E-state index contributed by atoms with van der Waals surface area (Å²) in [6, 6.07) is 11.8. The summed E-state index contributed by atoms with van der Waals surface area (Å²) in [4.78, 5) is 15.4. The molecule has 0 radical (unpaired) electrons. The summed E-state index contributed by atoms with van der Waals surface area (Å²) >= 11 is 1.40. The Labute approximate surface area is 165 Å². The van der Waals surface area contributed by atoms with Crippen LogP contribution in [0.15, 0.2) is 58.4 Å². The average Bonchev–Trinajstić information content (AvgIpc) is 3.45. The Bertz CT molecular complexity index is 1130. The highest BCUT2D eigenvalue weighted by Crippen LogP contribution is 2.35. The van der Waals surface area contributed by atoms with Crippen molar-refractivity contribution in [3.63, 3.8) is 0 Å². The van der Waals surface area contributed by atoms with Crippen LogP contribution in [0.25, 0.3) is 22.3 Å². The summed E-state index contributed by atoms with van der Waals surface area (Å²) in [6.45, 7) is 2.39. The Morgan fingerprint density at radius 2 is 2.14 bits per heavy atom. The van der Waals surface area contributed by atoms with Gasteiger partial charge in [0.2, 0.25) is 0 Å². The second kappa shape index (κ2) is 6.87. The zero-order valence-corrected chi connectivity index (χ0v) is 16.0. The van der Waals surface area contributed by atoms with Crippen molar-refractivity contribution in [2.75, 3.05) is 0 Å². The van der Waals surface area contributed by atoms with Gasteiger partial charge in [0.05, 0.1) is 12.8 Å². The van der Waals surface area contributed by atoms with Crippen LogP contribution in [0.1, 0.15) is 19.1 Å². The Balaban J connectivity index is 1.57. The van der Waals surface area contributed by atoms with Gasteiger partial charge in [0, 0.05) is 29.1 Å². The number of carbonyl (C=O) groups excluding carboxylic acids is 1. The fourth-order valence-corrected chi connectivity index (χ4v) is 4.62. The maximum Gasteiger partial charge on any atom is 0.319 e.